The van der Waals surface area contributed by atoms with E-state index < -0.39 is 18.3 Å². The molecule has 21 heavy (non-hydrogen) atoms. The van der Waals surface area contributed by atoms with Gasteiger partial charge in [-0.05, 0) is 33.3 Å². The minimum absolute atomic E-state index is 0.153. The van der Waals surface area contributed by atoms with Gasteiger partial charge in [-0.25, -0.2) is 9.97 Å². The predicted octanol–water partition coefficient (Wildman–Crippen LogP) is 1.75. The van der Waals surface area contributed by atoms with Gasteiger partial charge in [0.15, 0.2) is 0 Å². The van der Waals surface area contributed by atoms with E-state index in [9.17, 15) is 4.79 Å². The van der Waals surface area contributed by atoms with Crippen LogP contribution in [-0.4, -0.2) is 41.4 Å². The Bertz CT molecular complexity index is 491. The van der Waals surface area contributed by atoms with Crippen LogP contribution in [0.15, 0.2) is 18.7 Å². The first kappa shape index (κ1) is 15.9. The van der Waals surface area contributed by atoms with Crippen molar-refractivity contribution in [3.05, 3.63) is 24.3 Å². The second-order valence-corrected chi connectivity index (χ2v) is 6.18. The fourth-order valence-electron chi connectivity index (χ4n) is 2.19. The third-order valence-electron chi connectivity index (χ3n) is 4.22. The fourth-order valence-corrected chi connectivity index (χ4v) is 2.19. The summed E-state index contributed by atoms with van der Waals surface area (Å²) in [6, 6.07) is 0. The summed E-state index contributed by atoms with van der Waals surface area (Å²) in [4.78, 5) is 19.7. The Labute approximate surface area is 125 Å². The van der Waals surface area contributed by atoms with Gasteiger partial charge in [-0.2, -0.15) is 0 Å². The maximum absolute atomic E-state index is 11.7. The second kappa shape index (κ2) is 5.73. The van der Waals surface area contributed by atoms with Gasteiger partial charge in [0.1, 0.15) is 6.33 Å². The molecule has 114 valence electrons. The zero-order valence-corrected chi connectivity index (χ0v) is 13.1. The van der Waals surface area contributed by atoms with Crippen LogP contribution in [0.4, 0.5) is 0 Å². The fraction of sp³-hybridized carbons (Fsp3) is 0.643. The summed E-state index contributed by atoms with van der Waals surface area (Å²) in [5.74, 6) is -0.627. The number of hydrogen-bond acceptors (Lipinski definition) is 6. The van der Waals surface area contributed by atoms with E-state index in [4.69, 9.17) is 14.0 Å². The third kappa shape index (κ3) is 3.24. The molecule has 1 saturated heterocycles. The van der Waals surface area contributed by atoms with Crippen LogP contribution in [0.25, 0.3) is 0 Å². The molecule has 1 aliphatic heterocycles. The van der Waals surface area contributed by atoms with Crippen LogP contribution in [0.1, 0.15) is 45.5 Å². The first-order valence-electron chi connectivity index (χ1n) is 6.94. The molecule has 0 radical (unpaired) electrons. The van der Waals surface area contributed by atoms with E-state index in [1.807, 2.05) is 27.7 Å². The van der Waals surface area contributed by atoms with Crippen LogP contribution in [0.3, 0.4) is 0 Å². The summed E-state index contributed by atoms with van der Waals surface area (Å²) in [7, 11) is 0.825. The number of ether oxygens (including phenoxy) is 1. The molecule has 0 N–H and O–H groups in total. The number of aromatic nitrogens is 2. The average Bonchev–Trinajstić information content (AvgIpc) is 2.65. The van der Waals surface area contributed by atoms with Crippen molar-refractivity contribution in [3.8, 4) is 0 Å². The number of esters is 1. The van der Waals surface area contributed by atoms with Gasteiger partial charge in [0.25, 0.3) is 0 Å². The molecule has 0 bridgehead atoms. The third-order valence-corrected chi connectivity index (χ3v) is 4.22. The molecular formula is C14H21BN2O4. The summed E-state index contributed by atoms with van der Waals surface area (Å²) in [6.45, 7) is 7.90. The topological polar surface area (TPSA) is 70.5 Å². The van der Waals surface area contributed by atoms with Crippen LogP contribution in [0.2, 0.25) is 0 Å². The molecule has 1 atom stereocenters. The number of hydrogen-bond donors (Lipinski definition) is 0. The second-order valence-electron chi connectivity index (χ2n) is 6.18. The first-order valence-corrected chi connectivity index (χ1v) is 6.94. The van der Waals surface area contributed by atoms with E-state index in [-0.39, 0.29) is 18.2 Å². The largest absolute Gasteiger partial charge is 0.469 e. The van der Waals surface area contributed by atoms with Crippen LogP contribution in [0, 0.1) is 0 Å². The zero-order chi connectivity index (χ0) is 15.7. The lowest BCUT2D eigenvalue weighted by molar-refractivity contribution is -0.140. The number of methoxy groups -OCH3 is 1. The van der Waals surface area contributed by atoms with Crippen molar-refractivity contribution in [2.45, 2.75) is 51.1 Å². The summed E-state index contributed by atoms with van der Waals surface area (Å²) in [6.07, 6.45) is 4.95. The molecule has 1 aromatic heterocycles. The highest BCUT2D eigenvalue weighted by molar-refractivity contribution is 6.48. The molecule has 2 heterocycles. The summed E-state index contributed by atoms with van der Waals surface area (Å²) < 4.78 is 16.9. The zero-order valence-electron chi connectivity index (χ0n) is 13.1. The van der Waals surface area contributed by atoms with E-state index in [0.29, 0.717) is 0 Å². The number of carbonyl (C=O) groups is 1. The average molecular weight is 292 g/mol. The molecule has 1 aromatic rings. The molecule has 0 aromatic carbocycles. The van der Waals surface area contributed by atoms with Gasteiger partial charge in [0.2, 0.25) is 0 Å². The highest BCUT2D eigenvalue weighted by Crippen LogP contribution is 2.41. The highest BCUT2D eigenvalue weighted by atomic mass is 16.7. The molecule has 2 rings (SSSR count). The number of nitrogens with zero attached hydrogens (tertiary/aromatic N) is 2. The molecule has 1 fully saturated rings. The summed E-state index contributed by atoms with van der Waals surface area (Å²) in [5, 5.41) is 0. The van der Waals surface area contributed by atoms with Crippen molar-refractivity contribution in [1.29, 1.82) is 0 Å². The van der Waals surface area contributed by atoms with E-state index >= 15 is 0 Å². The van der Waals surface area contributed by atoms with Crippen molar-refractivity contribution in [2.75, 3.05) is 7.11 Å². The summed E-state index contributed by atoms with van der Waals surface area (Å²) in [5.41, 5.74) is -0.120. The van der Waals surface area contributed by atoms with Gasteiger partial charge in [-0.15, -0.1) is 0 Å². The Hall–Kier alpha value is -1.47. The molecule has 6 nitrogen and oxygen atoms in total. The molecule has 1 unspecified atom stereocenters. The molecule has 0 aliphatic carbocycles. The first-order chi connectivity index (χ1) is 9.77. The highest BCUT2D eigenvalue weighted by Gasteiger charge is 2.54. The van der Waals surface area contributed by atoms with Gasteiger partial charge < -0.3 is 14.0 Å². The minimum atomic E-state index is -0.542. The Kier molecular flexibility index (Phi) is 4.34. The van der Waals surface area contributed by atoms with E-state index in [1.165, 1.54) is 13.4 Å². The smallest absolute Gasteiger partial charge is 0.466 e. The van der Waals surface area contributed by atoms with Gasteiger partial charge in [0, 0.05) is 18.2 Å². The van der Waals surface area contributed by atoms with Crippen LogP contribution in [-0.2, 0) is 18.8 Å². The Morgan fingerprint density at radius 2 is 1.76 bits per heavy atom. The van der Waals surface area contributed by atoms with E-state index in [0.717, 1.165) is 5.56 Å². The summed E-state index contributed by atoms with van der Waals surface area (Å²) >= 11 is 0. The van der Waals surface area contributed by atoms with Crippen molar-refractivity contribution >= 4 is 13.1 Å². The molecule has 1 aliphatic rings. The molecule has 7 heteroatoms. The SMILES string of the molecule is COC(=O)CC(B1OC(C)(C)C(C)(C)O1)c1cncnc1. The lowest BCUT2D eigenvalue weighted by Gasteiger charge is -2.32. The molecular weight excluding hydrogens is 271 g/mol. The normalized spacial score (nSPS) is 21.1. The maximum Gasteiger partial charge on any atom is 0.466 e. The number of carbonyl (C=O) groups excluding carboxylic acids is 1. The van der Waals surface area contributed by atoms with Crippen molar-refractivity contribution in [2.24, 2.45) is 0 Å². The Morgan fingerprint density at radius 3 is 2.24 bits per heavy atom. The quantitative estimate of drug-likeness (QED) is 0.622. The number of rotatable bonds is 4. The van der Waals surface area contributed by atoms with Gasteiger partial charge >= 0.3 is 13.1 Å². The minimum Gasteiger partial charge on any atom is -0.469 e. The predicted molar refractivity (Wildman–Crippen MR) is 77.5 cm³/mol. The monoisotopic (exact) mass is 292 g/mol. The maximum atomic E-state index is 11.7. The van der Waals surface area contributed by atoms with E-state index in [1.54, 1.807) is 12.4 Å². The Balaban J connectivity index is 2.27. The molecule has 0 spiro atoms. The van der Waals surface area contributed by atoms with Crippen LogP contribution >= 0.6 is 0 Å². The Morgan fingerprint density at radius 1 is 1.24 bits per heavy atom. The van der Waals surface area contributed by atoms with Crippen LogP contribution in [0.5, 0.6) is 0 Å². The van der Waals surface area contributed by atoms with Gasteiger partial charge in [-0.1, -0.05) is 0 Å². The standard InChI is InChI=1S/C14H21BN2O4/c1-13(2)14(3,4)21-15(20-13)11(6-12(18)19-5)10-7-16-9-17-8-10/h7-9,11H,6H2,1-5H3. The van der Waals surface area contributed by atoms with E-state index in [2.05, 4.69) is 9.97 Å². The molecule has 0 amide bonds. The lowest BCUT2D eigenvalue weighted by Crippen LogP contribution is -2.41. The van der Waals surface area contributed by atoms with Crippen molar-refractivity contribution in [3.63, 3.8) is 0 Å². The lowest BCUT2D eigenvalue weighted by atomic mass is 9.67. The molecule has 0 saturated carbocycles. The van der Waals surface area contributed by atoms with Crippen molar-refractivity contribution in [1.82, 2.24) is 9.97 Å². The van der Waals surface area contributed by atoms with Crippen molar-refractivity contribution < 1.29 is 18.8 Å². The van der Waals surface area contributed by atoms with Gasteiger partial charge in [-0.3, -0.25) is 4.79 Å². The van der Waals surface area contributed by atoms with Crippen LogP contribution < -0.4 is 0 Å². The van der Waals surface area contributed by atoms with Gasteiger partial charge in [0.05, 0.1) is 24.7 Å².